The van der Waals surface area contributed by atoms with E-state index in [9.17, 15) is 0 Å². The van der Waals surface area contributed by atoms with Gasteiger partial charge in [0.2, 0.25) is 0 Å². The third-order valence-electron chi connectivity index (χ3n) is 3.55. The predicted molar refractivity (Wildman–Crippen MR) is 81.7 cm³/mol. The minimum absolute atomic E-state index is 0. The molecule has 1 aliphatic rings. The number of nitrogens with two attached hydrogens (primary N) is 1. The van der Waals surface area contributed by atoms with Crippen LogP contribution in [0.4, 0.5) is 0 Å². The molecule has 1 aromatic carbocycles. The van der Waals surface area contributed by atoms with Crippen LogP contribution >= 0.6 is 12.4 Å². The average Bonchev–Trinajstić information content (AvgIpc) is 2.88. The van der Waals surface area contributed by atoms with Crippen molar-refractivity contribution in [1.82, 2.24) is 10.1 Å². The number of aromatic nitrogens is 1. The molecule has 1 saturated heterocycles. The summed E-state index contributed by atoms with van der Waals surface area (Å²) >= 11 is 0. The lowest BCUT2D eigenvalue weighted by Gasteiger charge is -2.29. The summed E-state index contributed by atoms with van der Waals surface area (Å²) in [7, 11) is 0. The average molecular weight is 294 g/mol. The van der Waals surface area contributed by atoms with Crippen LogP contribution in [-0.2, 0) is 6.54 Å². The van der Waals surface area contributed by atoms with Crippen molar-refractivity contribution in [3.63, 3.8) is 0 Å². The summed E-state index contributed by atoms with van der Waals surface area (Å²) in [4.78, 5) is 2.34. The van der Waals surface area contributed by atoms with Crippen LogP contribution in [0.15, 0.2) is 40.9 Å². The second-order valence-electron chi connectivity index (χ2n) is 5.18. The van der Waals surface area contributed by atoms with Crippen LogP contribution in [0.5, 0.6) is 0 Å². The van der Waals surface area contributed by atoms with E-state index in [1.807, 2.05) is 36.4 Å². The molecule has 2 heterocycles. The van der Waals surface area contributed by atoms with Gasteiger partial charge < -0.3 is 10.3 Å². The van der Waals surface area contributed by atoms with Crippen LogP contribution in [0, 0.1) is 0 Å². The van der Waals surface area contributed by atoms with Gasteiger partial charge in [-0.2, -0.15) is 0 Å². The third-order valence-corrected chi connectivity index (χ3v) is 3.55. The maximum Gasteiger partial charge on any atom is 0.151 e. The Kier molecular flexibility index (Phi) is 5.17. The molecule has 1 unspecified atom stereocenters. The van der Waals surface area contributed by atoms with Gasteiger partial charge in [-0.05, 0) is 19.4 Å². The van der Waals surface area contributed by atoms with Gasteiger partial charge in [0.15, 0.2) is 5.76 Å². The Morgan fingerprint density at radius 1 is 1.30 bits per heavy atom. The highest BCUT2D eigenvalue weighted by Crippen LogP contribution is 2.20. The van der Waals surface area contributed by atoms with Gasteiger partial charge in [-0.15, -0.1) is 12.4 Å². The molecule has 1 fully saturated rings. The highest BCUT2D eigenvalue weighted by Gasteiger charge is 2.18. The zero-order valence-corrected chi connectivity index (χ0v) is 12.2. The molecular weight excluding hydrogens is 274 g/mol. The number of likely N-dealkylation sites (tertiary alicyclic amines) is 1. The van der Waals surface area contributed by atoms with Crippen LogP contribution in [0.1, 0.15) is 18.6 Å². The zero-order chi connectivity index (χ0) is 13.1. The Bertz CT molecular complexity index is 529. The van der Waals surface area contributed by atoms with E-state index in [1.54, 1.807) is 0 Å². The van der Waals surface area contributed by atoms with Gasteiger partial charge in [-0.1, -0.05) is 35.5 Å². The monoisotopic (exact) mass is 293 g/mol. The molecular formula is C15H20ClN3O. The van der Waals surface area contributed by atoms with Crippen molar-refractivity contribution in [3.8, 4) is 11.3 Å². The third kappa shape index (κ3) is 3.60. The fourth-order valence-electron chi connectivity index (χ4n) is 2.59. The first kappa shape index (κ1) is 15.0. The Labute approximate surface area is 125 Å². The second kappa shape index (κ2) is 6.88. The predicted octanol–water partition coefficient (Wildman–Crippen LogP) is 2.69. The van der Waals surface area contributed by atoms with E-state index in [0.29, 0.717) is 6.04 Å². The van der Waals surface area contributed by atoms with E-state index in [4.69, 9.17) is 10.3 Å². The zero-order valence-electron chi connectivity index (χ0n) is 11.4. The van der Waals surface area contributed by atoms with Gasteiger partial charge in [0, 0.05) is 24.2 Å². The van der Waals surface area contributed by atoms with E-state index in [0.717, 1.165) is 43.1 Å². The maximum atomic E-state index is 5.99. The number of piperidine rings is 1. The lowest BCUT2D eigenvalue weighted by molar-refractivity contribution is 0.181. The lowest BCUT2D eigenvalue weighted by atomic mass is 10.1. The molecule has 0 radical (unpaired) electrons. The number of benzene rings is 1. The number of hydrogen-bond donors (Lipinski definition) is 1. The fourth-order valence-corrected chi connectivity index (χ4v) is 2.59. The van der Waals surface area contributed by atoms with Crippen molar-refractivity contribution in [3.05, 3.63) is 42.2 Å². The summed E-state index contributed by atoms with van der Waals surface area (Å²) in [5, 5.41) is 4.14. The molecule has 4 nitrogen and oxygen atoms in total. The molecule has 1 aliphatic heterocycles. The summed E-state index contributed by atoms with van der Waals surface area (Å²) in [5.74, 6) is 0.910. The molecule has 0 saturated carbocycles. The Balaban J connectivity index is 0.00000147. The van der Waals surface area contributed by atoms with Crippen LogP contribution < -0.4 is 5.73 Å². The van der Waals surface area contributed by atoms with Gasteiger partial charge >= 0.3 is 0 Å². The van der Waals surface area contributed by atoms with Crippen molar-refractivity contribution >= 4 is 12.4 Å². The Hall–Kier alpha value is -1.36. The molecule has 108 valence electrons. The van der Waals surface area contributed by atoms with Gasteiger partial charge in [-0.25, -0.2) is 0 Å². The van der Waals surface area contributed by atoms with Crippen molar-refractivity contribution in [2.75, 3.05) is 13.1 Å². The van der Waals surface area contributed by atoms with Crippen molar-refractivity contribution in [2.24, 2.45) is 5.73 Å². The van der Waals surface area contributed by atoms with Crippen LogP contribution in [0.25, 0.3) is 11.3 Å². The number of halogens is 1. The topological polar surface area (TPSA) is 55.3 Å². The van der Waals surface area contributed by atoms with Crippen molar-refractivity contribution in [1.29, 1.82) is 0 Å². The Morgan fingerprint density at radius 3 is 2.85 bits per heavy atom. The molecule has 2 N–H and O–H groups in total. The van der Waals surface area contributed by atoms with E-state index >= 15 is 0 Å². The summed E-state index contributed by atoms with van der Waals surface area (Å²) < 4.78 is 5.42. The number of nitrogens with zero attached hydrogens (tertiary/aromatic N) is 2. The summed E-state index contributed by atoms with van der Waals surface area (Å²) in [5.41, 5.74) is 7.98. The second-order valence-corrected chi connectivity index (χ2v) is 5.18. The Morgan fingerprint density at radius 2 is 2.10 bits per heavy atom. The maximum absolute atomic E-state index is 5.99. The fraction of sp³-hybridized carbons (Fsp3) is 0.400. The van der Waals surface area contributed by atoms with Gasteiger partial charge in [0.25, 0.3) is 0 Å². The first-order chi connectivity index (χ1) is 9.31. The molecule has 1 aromatic heterocycles. The smallest absolute Gasteiger partial charge is 0.151 e. The lowest BCUT2D eigenvalue weighted by Crippen LogP contribution is -2.42. The van der Waals surface area contributed by atoms with Gasteiger partial charge in [0.05, 0.1) is 6.54 Å². The molecule has 1 atom stereocenters. The van der Waals surface area contributed by atoms with Gasteiger partial charge in [-0.3, -0.25) is 4.90 Å². The van der Waals surface area contributed by atoms with Crippen LogP contribution in [-0.4, -0.2) is 29.2 Å². The minimum Gasteiger partial charge on any atom is -0.359 e. The van der Waals surface area contributed by atoms with E-state index in [2.05, 4.69) is 10.1 Å². The highest BCUT2D eigenvalue weighted by atomic mass is 35.5. The standard InChI is InChI=1S/C15H19N3O.ClH/c16-13-7-4-8-18(10-13)11-14-9-15(17-19-14)12-5-2-1-3-6-12;/h1-3,5-6,9,13H,4,7-8,10-11,16H2;1H. The minimum atomic E-state index is 0. The van der Waals surface area contributed by atoms with E-state index in [-0.39, 0.29) is 12.4 Å². The van der Waals surface area contributed by atoms with Crippen molar-refractivity contribution < 1.29 is 4.52 Å². The number of hydrogen-bond acceptors (Lipinski definition) is 4. The SMILES string of the molecule is Cl.NC1CCCN(Cc2cc(-c3ccccc3)no2)C1. The normalized spacial score (nSPS) is 19.6. The molecule has 20 heavy (non-hydrogen) atoms. The molecule has 2 aromatic rings. The summed E-state index contributed by atoms with van der Waals surface area (Å²) in [6.45, 7) is 2.84. The highest BCUT2D eigenvalue weighted by molar-refractivity contribution is 5.85. The first-order valence-corrected chi connectivity index (χ1v) is 6.80. The molecule has 5 heteroatoms. The number of rotatable bonds is 3. The summed E-state index contributed by atoms with van der Waals surface area (Å²) in [6.07, 6.45) is 2.29. The van der Waals surface area contributed by atoms with E-state index < -0.39 is 0 Å². The van der Waals surface area contributed by atoms with Crippen LogP contribution in [0.3, 0.4) is 0 Å². The summed E-state index contributed by atoms with van der Waals surface area (Å²) in [6, 6.07) is 12.4. The first-order valence-electron chi connectivity index (χ1n) is 6.80. The molecule has 0 spiro atoms. The molecule has 0 aliphatic carbocycles. The molecule has 0 bridgehead atoms. The largest absolute Gasteiger partial charge is 0.359 e. The van der Waals surface area contributed by atoms with E-state index in [1.165, 1.54) is 6.42 Å². The molecule has 3 rings (SSSR count). The van der Waals surface area contributed by atoms with Gasteiger partial charge in [0.1, 0.15) is 5.69 Å². The van der Waals surface area contributed by atoms with Crippen LogP contribution in [0.2, 0.25) is 0 Å². The molecule has 0 amide bonds. The quantitative estimate of drug-likeness (QED) is 0.945. The van der Waals surface area contributed by atoms with Crippen molar-refractivity contribution in [2.45, 2.75) is 25.4 Å².